The molecule has 2 heterocycles. The van der Waals surface area contributed by atoms with Crippen LogP contribution in [0.3, 0.4) is 0 Å². The SMILES string of the molecule is CN1CCN(Cc2cc(C(=O)NC(c3ccc(F)c(Cl)c3)C3CC3)cc(-c3cccnc3C(F)(F)F)c2)C1=N. The van der Waals surface area contributed by atoms with E-state index in [1.165, 1.54) is 30.3 Å². The summed E-state index contributed by atoms with van der Waals surface area (Å²) in [4.78, 5) is 20.7. The van der Waals surface area contributed by atoms with Gasteiger partial charge in [-0.05, 0) is 71.8 Å². The molecule has 5 rings (SSSR count). The van der Waals surface area contributed by atoms with Gasteiger partial charge in [0.15, 0.2) is 11.7 Å². The molecular weight excluding hydrogens is 534 g/mol. The van der Waals surface area contributed by atoms with Gasteiger partial charge in [0.2, 0.25) is 0 Å². The van der Waals surface area contributed by atoms with Gasteiger partial charge in [0, 0.05) is 44.0 Å². The molecule has 1 aliphatic carbocycles. The number of guanidine groups is 1. The number of amides is 1. The van der Waals surface area contributed by atoms with Crippen molar-refractivity contribution in [3.63, 3.8) is 0 Å². The molecule has 1 atom stereocenters. The van der Waals surface area contributed by atoms with Crippen molar-refractivity contribution >= 4 is 23.5 Å². The summed E-state index contributed by atoms with van der Waals surface area (Å²) in [6, 6.07) is 11.3. The number of rotatable bonds is 7. The van der Waals surface area contributed by atoms with Gasteiger partial charge in [-0.2, -0.15) is 13.2 Å². The zero-order valence-electron chi connectivity index (χ0n) is 21.0. The minimum absolute atomic E-state index is 0.0500. The van der Waals surface area contributed by atoms with E-state index in [4.69, 9.17) is 17.0 Å². The third-order valence-corrected chi connectivity index (χ3v) is 7.35. The molecule has 2 fully saturated rings. The molecule has 1 amide bonds. The molecule has 1 unspecified atom stereocenters. The number of aromatic nitrogens is 1. The topological polar surface area (TPSA) is 72.3 Å². The second kappa shape index (κ2) is 10.5. The third kappa shape index (κ3) is 5.85. The van der Waals surface area contributed by atoms with Gasteiger partial charge in [-0.3, -0.25) is 15.2 Å². The van der Waals surface area contributed by atoms with Crippen molar-refractivity contribution in [2.24, 2.45) is 5.92 Å². The monoisotopic (exact) mass is 559 g/mol. The Morgan fingerprint density at radius 2 is 1.95 bits per heavy atom. The van der Waals surface area contributed by atoms with Gasteiger partial charge in [-0.25, -0.2) is 4.39 Å². The lowest BCUT2D eigenvalue weighted by Crippen LogP contribution is -2.31. The van der Waals surface area contributed by atoms with Crippen LogP contribution in [0.4, 0.5) is 17.6 Å². The lowest BCUT2D eigenvalue weighted by Gasteiger charge is -2.22. The maximum absolute atomic E-state index is 13.8. The number of nitrogens with one attached hydrogen (secondary N) is 2. The van der Waals surface area contributed by atoms with Crippen LogP contribution in [0.2, 0.25) is 5.02 Å². The fourth-order valence-corrected chi connectivity index (χ4v) is 5.05. The van der Waals surface area contributed by atoms with Crippen LogP contribution in [0.5, 0.6) is 0 Å². The van der Waals surface area contributed by atoms with Crippen molar-refractivity contribution in [2.45, 2.75) is 31.6 Å². The minimum atomic E-state index is -4.69. The molecule has 1 aliphatic heterocycles. The lowest BCUT2D eigenvalue weighted by molar-refractivity contribution is -0.140. The van der Waals surface area contributed by atoms with Crippen LogP contribution in [-0.2, 0) is 12.7 Å². The van der Waals surface area contributed by atoms with E-state index < -0.39 is 29.6 Å². The number of carbonyl (C=O) groups is 1. The Labute approximate surface area is 228 Å². The van der Waals surface area contributed by atoms with Gasteiger partial charge in [0.1, 0.15) is 5.82 Å². The summed E-state index contributed by atoms with van der Waals surface area (Å²) >= 11 is 5.99. The first kappa shape index (κ1) is 26.9. The highest BCUT2D eigenvalue weighted by Crippen LogP contribution is 2.42. The van der Waals surface area contributed by atoms with Crippen molar-refractivity contribution in [3.05, 3.63) is 88.0 Å². The van der Waals surface area contributed by atoms with E-state index in [9.17, 15) is 22.4 Å². The van der Waals surface area contributed by atoms with E-state index in [0.29, 0.717) is 30.2 Å². The molecular formula is C28H26ClF4N5O. The molecule has 39 heavy (non-hydrogen) atoms. The number of nitrogens with zero attached hydrogens (tertiary/aromatic N) is 3. The maximum atomic E-state index is 13.8. The Morgan fingerprint density at radius 3 is 2.59 bits per heavy atom. The molecule has 2 aromatic carbocycles. The highest BCUT2D eigenvalue weighted by Gasteiger charge is 2.36. The molecule has 2 N–H and O–H groups in total. The average Bonchev–Trinajstić information content (AvgIpc) is 3.70. The van der Waals surface area contributed by atoms with Crippen molar-refractivity contribution in [1.29, 1.82) is 5.41 Å². The van der Waals surface area contributed by atoms with Gasteiger partial charge >= 0.3 is 6.18 Å². The Balaban J connectivity index is 1.52. The number of hydrogen-bond acceptors (Lipinski definition) is 3. The number of likely N-dealkylation sites (N-methyl/N-ethyl adjacent to an activating group) is 1. The first-order valence-electron chi connectivity index (χ1n) is 12.5. The summed E-state index contributed by atoms with van der Waals surface area (Å²) in [6.45, 7) is 1.48. The van der Waals surface area contributed by atoms with Crippen LogP contribution >= 0.6 is 11.6 Å². The van der Waals surface area contributed by atoms with Crippen LogP contribution in [0, 0.1) is 17.1 Å². The van der Waals surface area contributed by atoms with E-state index in [1.54, 1.807) is 35.0 Å². The number of hydrogen-bond donors (Lipinski definition) is 2. The fraction of sp³-hybridized carbons (Fsp3) is 0.321. The van der Waals surface area contributed by atoms with Crippen LogP contribution in [0.15, 0.2) is 54.7 Å². The maximum Gasteiger partial charge on any atom is 0.433 e. The largest absolute Gasteiger partial charge is 0.433 e. The number of benzene rings is 2. The van der Waals surface area contributed by atoms with Gasteiger partial charge in [0.25, 0.3) is 5.91 Å². The second-order valence-corrected chi connectivity index (χ2v) is 10.4. The molecule has 3 aromatic rings. The Kier molecular flexibility index (Phi) is 7.24. The summed E-state index contributed by atoms with van der Waals surface area (Å²) < 4.78 is 55.2. The fourth-order valence-electron chi connectivity index (χ4n) is 4.87. The van der Waals surface area contributed by atoms with Crippen molar-refractivity contribution in [1.82, 2.24) is 20.1 Å². The summed E-state index contributed by atoms with van der Waals surface area (Å²) in [7, 11) is 1.79. The van der Waals surface area contributed by atoms with E-state index in [2.05, 4.69) is 10.3 Å². The van der Waals surface area contributed by atoms with Gasteiger partial charge in [0.05, 0.1) is 11.1 Å². The Morgan fingerprint density at radius 1 is 1.18 bits per heavy atom. The predicted octanol–water partition coefficient (Wildman–Crippen LogP) is 6.12. The van der Waals surface area contributed by atoms with E-state index in [0.717, 1.165) is 19.0 Å². The second-order valence-electron chi connectivity index (χ2n) is 9.94. The Bertz CT molecular complexity index is 1430. The van der Waals surface area contributed by atoms with Crippen molar-refractivity contribution in [3.8, 4) is 11.1 Å². The number of carbonyl (C=O) groups excluding carboxylic acids is 1. The van der Waals surface area contributed by atoms with Crippen molar-refractivity contribution < 1.29 is 22.4 Å². The smallest absolute Gasteiger partial charge is 0.345 e. The molecule has 1 saturated heterocycles. The van der Waals surface area contributed by atoms with Gasteiger partial charge in [-0.1, -0.05) is 23.7 Å². The van der Waals surface area contributed by atoms with Crippen LogP contribution < -0.4 is 5.32 Å². The summed E-state index contributed by atoms with van der Waals surface area (Å²) in [5.41, 5.74) is 0.441. The molecule has 1 aromatic heterocycles. The molecule has 6 nitrogen and oxygen atoms in total. The summed E-state index contributed by atoms with van der Waals surface area (Å²) in [6.07, 6.45) is -1.85. The normalized spacial score (nSPS) is 16.5. The summed E-state index contributed by atoms with van der Waals surface area (Å²) in [5.74, 6) is -0.588. The number of alkyl halides is 3. The van der Waals surface area contributed by atoms with Gasteiger partial charge < -0.3 is 15.1 Å². The van der Waals surface area contributed by atoms with Crippen LogP contribution in [0.1, 0.15) is 46.1 Å². The standard InChI is InChI=1S/C28H26ClF4N5O/c1-37-9-10-38(27(37)34)15-16-11-19(21-3-2-8-35-25(21)28(31,32)33)13-20(12-16)26(39)36-24(17-4-5-17)18-6-7-23(30)22(29)14-18/h2-3,6-8,11-14,17,24,34H,4-5,9-10,15H2,1H3,(H,36,39). The van der Waals surface area contributed by atoms with E-state index in [1.807, 2.05) is 0 Å². The minimum Gasteiger partial charge on any atom is -0.345 e. The predicted molar refractivity (Wildman–Crippen MR) is 140 cm³/mol. The van der Waals surface area contributed by atoms with Crippen LogP contribution in [0.25, 0.3) is 11.1 Å². The molecule has 0 bridgehead atoms. The lowest BCUT2D eigenvalue weighted by atomic mass is 9.96. The van der Waals surface area contributed by atoms with E-state index >= 15 is 0 Å². The number of halogens is 5. The third-order valence-electron chi connectivity index (χ3n) is 7.06. The average molecular weight is 560 g/mol. The zero-order chi connectivity index (χ0) is 27.9. The molecule has 204 valence electrons. The molecule has 1 saturated carbocycles. The molecule has 0 radical (unpaired) electrons. The first-order chi connectivity index (χ1) is 18.5. The number of pyridine rings is 1. The molecule has 11 heteroatoms. The molecule has 2 aliphatic rings. The highest BCUT2D eigenvalue weighted by atomic mass is 35.5. The highest BCUT2D eigenvalue weighted by molar-refractivity contribution is 6.30. The quantitative estimate of drug-likeness (QED) is 0.342. The van der Waals surface area contributed by atoms with Gasteiger partial charge in [-0.15, -0.1) is 0 Å². The first-order valence-corrected chi connectivity index (χ1v) is 12.9. The zero-order valence-corrected chi connectivity index (χ0v) is 21.8. The summed E-state index contributed by atoms with van der Waals surface area (Å²) in [5, 5.41) is 11.2. The van der Waals surface area contributed by atoms with E-state index in [-0.39, 0.29) is 34.2 Å². The van der Waals surface area contributed by atoms with Crippen LogP contribution in [-0.4, -0.2) is 46.8 Å². The Hall–Kier alpha value is -3.66. The van der Waals surface area contributed by atoms with Crippen molar-refractivity contribution in [2.75, 3.05) is 20.1 Å². The molecule has 0 spiro atoms.